The summed E-state index contributed by atoms with van der Waals surface area (Å²) in [4.78, 5) is 21.0. The summed E-state index contributed by atoms with van der Waals surface area (Å²) in [7, 11) is 0. The number of amides is 1. The summed E-state index contributed by atoms with van der Waals surface area (Å²) in [5.74, 6) is -0.853. The third-order valence-corrected chi connectivity index (χ3v) is 1.68. The fraction of sp³-hybridized carbons (Fsp3) is 0.600. The van der Waals surface area contributed by atoms with E-state index in [-0.39, 0.29) is 12.3 Å². The van der Waals surface area contributed by atoms with Crippen LogP contribution in [-0.4, -0.2) is 23.5 Å². The molecule has 0 unspecified atom stereocenters. The molecular weight excluding hydrogens is 182 g/mol. The number of carboxylic acid groups (broad SMARTS) is 1. The van der Waals surface area contributed by atoms with E-state index >= 15 is 0 Å². The van der Waals surface area contributed by atoms with Gasteiger partial charge in [-0.3, -0.25) is 9.59 Å². The average molecular weight is 199 g/mol. The van der Waals surface area contributed by atoms with Crippen LogP contribution in [0.3, 0.4) is 0 Å². The fourth-order valence-corrected chi connectivity index (χ4v) is 1.000. The highest BCUT2D eigenvalue weighted by Gasteiger charge is 1.97. The largest absolute Gasteiger partial charge is 0.481 e. The Morgan fingerprint density at radius 2 is 2.00 bits per heavy atom. The van der Waals surface area contributed by atoms with Crippen LogP contribution in [0.4, 0.5) is 0 Å². The molecule has 14 heavy (non-hydrogen) atoms. The number of carbonyl (C=O) groups is 2. The van der Waals surface area contributed by atoms with E-state index in [1.807, 2.05) is 0 Å². The number of unbranched alkanes of at least 4 members (excludes halogenated alkanes) is 2. The first-order chi connectivity index (χ1) is 6.66. The van der Waals surface area contributed by atoms with Crippen molar-refractivity contribution in [2.75, 3.05) is 6.54 Å². The Morgan fingerprint density at radius 1 is 1.29 bits per heavy atom. The van der Waals surface area contributed by atoms with Gasteiger partial charge in [0.15, 0.2) is 0 Å². The lowest BCUT2D eigenvalue weighted by atomic mass is 10.2. The molecule has 0 rings (SSSR count). The molecule has 1 amide bonds. The second-order valence-electron chi connectivity index (χ2n) is 3.00. The number of rotatable bonds is 7. The minimum atomic E-state index is -0.761. The van der Waals surface area contributed by atoms with Crippen molar-refractivity contribution in [3.63, 3.8) is 0 Å². The van der Waals surface area contributed by atoms with Crippen LogP contribution in [0.15, 0.2) is 12.2 Å². The van der Waals surface area contributed by atoms with Gasteiger partial charge in [-0.1, -0.05) is 12.5 Å². The lowest BCUT2D eigenvalue weighted by molar-refractivity contribution is -0.137. The molecule has 0 heterocycles. The van der Waals surface area contributed by atoms with E-state index in [4.69, 9.17) is 5.11 Å². The molecule has 80 valence electrons. The van der Waals surface area contributed by atoms with Crippen molar-refractivity contribution in [1.82, 2.24) is 5.32 Å². The Kier molecular flexibility index (Phi) is 7.50. The number of hydrogen-bond donors (Lipinski definition) is 2. The fourth-order valence-electron chi connectivity index (χ4n) is 1.000. The SMILES string of the molecule is C/C=C/C(=O)NCCCCCC(=O)O. The normalized spacial score (nSPS) is 10.4. The zero-order chi connectivity index (χ0) is 10.8. The minimum absolute atomic E-state index is 0.0919. The Labute approximate surface area is 84.0 Å². The van der Waals surface area contributed by atoms with Crippen LogP contribution in [0.1, 0.15) is 32.6 Å². The van der Waals surface area contributed by atoms with Gasteiger partial charge < -0.3 is 10.4 Å². The van der Waals surface area contributed by atoms with Crippen LogP contribution in [0, 0.1) is 0 Å². The average Bonchev–Trinajstić information content (AvgIpc) is 2.11. The minimum Gasteiger partial charge on any atom is -0.481 e. The van der Waals surface area contributed by atoms with Crippen LogP contribution in [-0.2, 0) is 9.59 Å². The molecule has 0 aromatic carbocycles. The van der Waals surface area contributed by atoms with E-state index < -0.39 is 5.97 Å². The zero-order valence-electron chi connectivity index (χ0n) is 8.45. The molecule has 0 bridgehead atoms. The molecule has 0 saturated heterocycles. The summed E-state index contributed by atoms with van der Waals surface area (Å²) >= 11 is 0. The van der Waals surface area contributed by atoms with E-state index in [9.17, 15) is 9.59 Å². The second kappa shape index (κ2) is 8.29. The quantitative estimate of drug-likeness (QED) is 0.480. The summed E-state index contributed by atoms with van der Waals surface area (Å²) in [5.41, 5.74) is 0. The van der Waals surface area contributed by atoms with Gasteiger partial charge in [0.25, 0.3) is 0 Å². The van der Waals surface area contributed by atoms with Crippen molar-refractivity contribution < 1.29 is 14.7 Å². The molecule has 2 N–H and O–H groups in total. The summed E-state index contributed by atoms with van der Waals surface area (Å²) < 4.78 is 0. The number of aliphatic carboxylic acids is 1. The first kappa shape index (κ1) is 12.7. The van der Waals surface area contributed by atoms with E-state index in [2.05, 4.69) is 5.32 Å². The van der Waals surface area contributed by atoms with Gasteiger partial charge >= 0.3 is 5.97 Å². The molecule has 0 saturated carbocycles. The standard InChI is InChI=1S/C10H17NO3/c1-2-6-9(12)11-8-5-3-4-7-10(13)14/h2,6H,3-5,7-8H2,1H3,(H,11,12)(H,13,14)/b6-2+. The van der Waals surface area contributed by atoms with Gasteiger partial charge in [0.1, 0.15) is 0 Å². The third-order valence-electron chi connectivity index (χ3n) is 1.68. The van der Waals surface area contributed by atoms with E-state index in [0.717, 1.165) is 12.8 Å². The first-order valence-corrected chi connectivity index (χ1v) is 4.79. The van der Waals surface area contributed by atoms with Gasteiger partial charge in [0.05, 0.1) is 0 Å². The second-order valence-corrected chi connectivity index (χ2v) is 3.00. The highest BCUT2D eigenvalue weighted by Crippen LogP contribution is 1.98. The van der Waals surface area contributed by atoms with Gasteiger partial charge in [-0.2, -0.15) is 0 Å². The molecular formula is C10H17NO3. The number of allylic oxidation sites excluding steroid dienone is 1. The number of carboxylic acids is 1. The van der Waals surface area contributed by atoms with Crippen LogP contribution in [0.5, 0.6) is 0 Å². The monoisotopic (exact) mass is 199 g/mol. The highest BCUT2D eigenvalue weighted by molar-refractivity contribution is 5.87. The Balaban J connectivity index is 3.21. The number of hydrogen-bond acceptors (Lipinski definition) is 2. The van der Waals surface area contributed by atoms with Crippen LogP contribution < -0.4 is 5.32 Å². The van der Waals surface area contributed by atoms with Crippen molar-refractivity contribution in [2.24, 2.45) is 0 Å². The molecule has 0 radical (unpaired) electrons. The lowest BCUT2D eigenvalue weighted by Crippen LogP contribution is -2.21. The van der Waals surface area contributed by atoms with E-state index in [0.29, 0.717) is 13.0 Å². The van der Waals surface area contributed by atoms with E-state index in [1.165, 1.54) is 6.08 Å². The van der Waals surface area contributed by atoms with Crippen molar-refractivity contribution in [3.8, 4) is 0 Å². The Bertz CT molecular complexity index is 211. The summed E-state index contributed by atoms with van der Waals surface area (Å²) in [6.07, 6.45) is 5.70. The number of carbonyl (C=O) groups excluding carboxylic acids is 1. The highest BCUT2D eigenvalue weighted by atomic mass is 16.4. The maximum absolute atomic E-state index is 10.9. The van der Waals surface area contributed by atoms with Crippen molar-refractivity contribution in [3.05, 3.63) is 12.2 Å². The summed E-state index contributed by atoms with van der Waals surface area (Å²) in [5, 5.41) is 11.0. The number of nitrogens with one attached hydrogen (secondary N) is 1. The molecule has 0 atom stereocenters. The maximum atomic E-state index is 10.9. The summed E-state index contributed by atoms with van der Waals surface area (Å²) in [6.45, 7) is 2.40. The smallest absolute Gasteiger partial charge is 0.303 e. The first-order valence-electron chi connectivity index (χ1n) is 4.79. The maximum Gasteiger partial charge on any atom is 0.303 e. The van der Waals surface area contributed by atoms with Gasteiger partial charge in [-0.15, -0.1) is 0 Å². The predicted molar refractivity (Wildman–Crippen MR) is 53.9 cm³/mol. The topological polar surface area (TPSA) is 66.4 Å². The molecule has 0 fully saturated rings. The molecule has 0 aromatic rings. The zero-order valence-corrected chi connectivity index (χ0v) is 8.45. The van der Waals surface area contributed by atoms with Crippen LogP contribution in [0.25, 0.3) is 0 Å². The van der Waals surface area contributed by atoms with Crippen molar-refractivity contribution in [2.45, 2.75) is 32.6 Å². The molecule has 0 aromatic heterocycles. The van der Waals surface area contributed by atoms with Gasteiger partial charge in [-0.05, 0) is 25.8 Å². The van der Waals surface area contributed by atoms with Gasteiger partial charge in [0, 0.05) is 13.0 Å². The molecule has 0 spiro atoms. The lowest BCUT2D eigenvalue weighted by Gasteiger charge is -2.00. The molecule has 4 nitrogen and oxygen atoms in total. The van der Waals surface area contributed by atoms with Gasteiger partial charge in [0.2, 0.25) is 5.91 Å². The predicted octanol–water partition coefficient (Wildman–Crippen LogP) is 1.32. The van der Waals surface area contributed by atoms with Crippen molar-refractivity contribution in [1.29, 1.82) is 0 Å². The Morgan fingerprint density at radius 3 is 2.57 bits per heavy atom. The van der Waals surface area contributed by atoms with Crippen LogP contribution in [0.2, 0.25) is 0 Å². The third kappa shape index (κ3) is 8.77. The molecule has 0 aliphatic heterocycles. The molecule has 0 aliphatic carbocycles. The molecule has 0 aliphatic rings. The van der Waals surface area contributed by atoms with E-state index in [1.54, 1.807) is 13.0 Å². The van der Waals surface area contributed by atoms with Crippen molar-refractivity contribution >= 4 is 11.9 Å². The van der Waals surface area contributed by atoms with Crippen LogP contribution >= 0.6 is 0 Å². The van der Waals surface area contributed by atoms with Gasteiger partial charge in [-0.25, -0.2) is 0 Å². The summed E-state index contributed by atoms with van der Waals surface area (Å²) in [6, 6.07) is 0. The molecule has 4 heteroatoms. The Hall–Kier alpha value is -1.32.